The summed E-state index contributed by atoms with van der Waals surface area (Å²) in [6.45, 7) is 15.6. The third-order valence-corrected chi connectivity index (χ3v) is 12.1. The van der Waals surface area contributed by atoms with Gasteiger partial charge in [0.2, 0.25) is 0 Å². The molecule has 0 aliphatic heterocycles. The van der Waals surface area contributed by atoms with Crippen molar-refractivity contribution in [2.45, 2.75) is 122 Å². The fourth-order valence-corrected chi connectivity index (χ4v) is 9.44. The van der Waals surface area contributed by atoms with Crippen molar-refractivity contribution < 1.29 is 19.1 Å². The monoisotopic (exact) mass is 580 g/mol. The first-order chi connectivity index (χ1) is 20.4. The van der Waals surface area contributed by atoms with Crippen LogP contribution in [-0.4, -0.2) is 11.9 Å². The minimum Gasteiger partial charge on any atom is -0.451 e. The van der Waals surface area contributed by atoms with E-state index in [1.54, 1.807) is 13.8 Å². The van der Waals surface area contributed by atoms with Crippen molar-refractivity contribution in [3.63, 3.8) is 0 Å². The summed E-state index contributed by atoms with van der Waals surface area (Å²) in [4.78, 5) is 26.0. The normalized spacial score (nSPS) is 30.7. The van der Waals surface area contributed by atoms with Gasteiger partial charge >= 0.3 is 11.9 Å². The maximum absolute atomic E-state index is 13.0. The number of hydrogen-bond donors (Lipinski definition) is 0. The number of rotatable bonds is 5. The van der Waals surface area contributed by atoms with Crippen molar-refractivity contribution in [2.24, 2.45) is 10.8 Å². The van der Waals surface area contributed by atoms with Gasteiger partial charge in [-0.2, -0.15) is 0 Å². The van der Waals surface area contributed by atoms with Crippen LogP contribution in [0.4, 0.5) is 0 Å². The van der Waals surface area contributed by atoms with E-state index < -0.39 is 11.2 Å². The summed E-state index contributed by atoms with van der Waals surface area (Å²) >= 11 is 0. The van der Waals surface area contributed by atoms with Crippen molar-refractivity contribution in [1.82, 2.24) is 0 Å². The van der Waals surface area contributed by atoms with Gasteiger partial charge in [0.25, 0.3) is 0 Å². The molecule has 4 aliphatic carbocycles. The summed E-state index contributed by atoms with van der Waals surface area (Å²) < 4.78 is 12.9. The number of ether oxygens (including phenoxy) is 2. The minimum absolute atomic E-state index is 0.0211. The molecule has 0 radical (unpaired) electrons. The third kappa shape index (κ3) is 4.71. The molecule has 4 aliphatic rings. The van der Waals surface area contributed by atoms with E-state index in [0.29, 0.717) is 17.1 Å². The van der Waals surface area contributed by atoms with Gasteiger partial charge in [0.15, 0.2) is 0 Å². The van der Waals surface area contributed by atoms with Gasteiger partial charge in [-0.25, -0.2) is 9.59 Å². The maximum atomic E-state index is 13.0. The Morgan fingerprint density at radius 3 is 1.98 bits per heavy atom. The lowest BCUT2D eigenvalue weighted by Gasteiger charge is -2.54. The van der Waals surface area contributed by atoms with Crippen LogP contribution < -0.4 is 0 Å². The van der Waals surface area contributed by atoms with E-state index in [2.05, 4.69) is 69.5 Å². The number of carbonyl (C=O) groups is 2. The number of aryl methyl sites for hydroxylation is 2. The SMILES string of the molecule is C=C(C)C(=O)OC1(C)c2ccc(C3CCC4(CCc5ccccc5C4(C)OC(=O)C(=C)C)C3)cc2CCC12CCCCC2. The highest BCUT2D eigenvalue weighted by atomic mass is 16.6. The summed E-state index contributed by atoms with van der Waals surface area (Å²) in [5.74, 6) is -0.215. The number of esters is 2. The van der Waals surface area contributed by atoms with Crippen molar-refractivity contribution in [3.8, 4) is 0 Å². The minimum atomic E-state index is -0.705. The van der Waals surface area contributed by atoms with Crippen LogP contribution in [0.3, 0.4) is 0 Å². The molecule has 4 nitrogen and oxygen atoms in total. The molecule has 0 heterocycles. The fraction of sp³-hybridized carbons (Fsp3) is 0.538. The highest BCUT2D eigenvalue weighted by Gasteiger charge is 2.59. The molecule has 4 atom stereocenters. The van der Waals surface area contributed by atoms with E-state index in [1.165, 1.54) is 41.5 Å². The van der Waals surface area contributed by atoms with Gasteiger partial charge in [-0.1, -0.05) is 74.9 Å². The second-order valence-electron chi connectivity index (χ2n) is 14.5. The average molecular weight is 581 g/mol. The van der Waals surface area contributed by atoms with E-state index in [0.717, 1.165) is 63.4 Å². The van der Waals surface area contributed by atoms with Crippen LogP contribution in [0.25, 0.3) is 0 Å². The second kappa shape index (κ2) is 10.8. The van der Waals surface area contributed by atoms with Crippen LogP contribution >= 0.6 is 0 Å². The van der Waals surface area contributed by atoms with Gasteiger partial charge in [-0.05, 0) is 119 Å². The van der Waals surface area contributed by atoms with E-state index in [9.17, 15) is 9.59 Å². The van der Waals surface area contributed by atoms with Crippen LogP contribution in [0.1, 0.15) is 126 Å². The average Bonchev–Trinajstić information content (AvgIpc) is 3.44. The van der Waals surface area contributed by atoms with E-state index >= 15 is 0 Å². The van der Waals surface area contributed by atoms with E-state index in [-0.39, 0.29) is 22.8 Å². The Balaban J connectivity index is 1.34. The van der Waals surface area contributed by atoms with E-state index in [1.807, 2.05) is 0 Å². The van der Waals surface area contributed by atoms with Crippen molar-refractivity contribution >= 4 is 11.9 Å². The van der Waals surface area contributed by atoms with Gasteiger partial charge in [-0.3, -0.25) is 0 Å². The smallest absolute Gasteiger partial charge is 0.334 e. The van der Waals surface area contributed by atoms with Crippen LogP contribution in [0.15, 0.2) is 66.8 Å². The highest BCUT2D eigenvalue weighted by molar-refractivity contribution is 5.88. The summed E-state index contributed by atoms with van der Waals surface area (Å²) in [6.07, 6.45) is 13.0. The first-order valence-electron chi connectivity index (χ1n) is 16.4. The van der Waals surface area contributed by atoms with Crippen LogP contribution in [0.2, 0.25) is 0 Å². The molecule has 228 valence electrons. The van der Waals surface area contributed by atoms with E-state index in [4.69, 9.17) is 9.47 Å². The van der Waals surface area contributed by atoms with Crippen molar-refractivity contribution in [1.29, 1.82) is 0 Å². The molecule has 0 N–H and O–H groups in total. The molecule has 6 rings (SSSR count). The van der Waals surface area contributed by atoms with Crippen molar-refractivity contribution in [2.75, 3.05) is 0 Å². The molecule has 43 heavy (non-hydrogen) atoms. The number of fused-ring (bicyclic) bond motifs is 2. The largest absolute Gasteiger partial charge is 0.451 e. The van der Waals surface area contributed by atoms with Gasteiger partial charge in [-0.15, -0.1) is 0 Å². The standard InChI is InChI=1S/C39H48O4/c1-26(2)34(40)42-36(5)33-15-14-29(24-30(33)17-21-38(36)19-10-7-11-20-38)31-18-23-39(25-31)22-16-28-12-8-9-13-32(28)37(39,6)43-35(41)27(3)4/h8-9,12-15,24,31H,1,3,7,10-11,16-23,25H2,2,4-6H3. The van der Waals surface area contributed by atoms with Crippen LogP contribution in [0.5, 0.6) is 0 Å². The Hall–Kier alpha value is -3.14. The maximum Gasteiger partial charge on any atom is 0.334 e. The third-order valence-electron chi connectivity index (χ3n) is 12.1. The second-order valence-corrected chi connectivity index (χ2v) is 14.5. The Morgan fingerprint density at radius 1 is 0.721 bits per heavy atom. The lowest BCUT2D eigenvalue weighted by Crippen LogP contribution is -2.51. The zero-order valence-corrected chi connectivity index (χ0v) is 26.7. The predicted octanol–water partition coefficient (Wildman–Crippen LogP) is 9.15. The molecule has 4 heteroatoms. The van der Waals surface area contributed by atoms with Gasteiger partial charge in [0.05, 0.1) is 0 Å². The zero-order chi connectivity index (χ0) is 30.6. The summed E-state index contributed by atoms with van der Waals surface area (Å²) in [5.41, 5.74) is 5.66. The first kappa shape index (κ1) is 29.9. The van der Waals surface area contributed by atoms with Crippen LogP contribution in [-0.2, 0) is 43.1 Å². The Kier molecular flexibility index (Phi) is 7.50. The fourth-order valence-electron chi connectivity index (χ4n) is 9.44. The van der Waals surface area contributed by atoms with Gasteiger partial charge < -0.3 is 9.47 Å². The molecule has 2 aromatic carbocycles. The Morgan fingerprint density at radius 2 is 1.30 bits per heavy atom. The molecular weight excluding hydrogens is 532 g/mol. The first-order valence-corrected chi connectivity index (χ1v) is 16.4. The number of benzene rings is 2. The Bertz CT molecular complexity index is 1480. The number of hydrogen-bond acceptors (Lipinski definition) is 4. The molecule has 4 unspecified atom stereocenters. The molecule has 2 saturated carbocycles. The molecule has 2 aromatic rings. The van der Waals surface area contributed by atoms with Crippen molar-refractivity contribution in [3.05, 3.63) is 94.6 Å². The summed E-state index contributed by atoms with van der Waals surface area (Å²) in [7, 11) is 0. The zero-order valence-electron chi connectivity index (χ0n) is 26.7. The molecular formula is C39H48O4. The molecule has 2 spiro atoms. The topological polar surface area (TPSA) is 52.6 Å². The lowest BCUT2D eigenvalue weighted by molar-refractivity contribution is -0.181. The number of carbonyl (C=O) groups excluding carboxylic acids is 2. The predicted molar refractivity (Wildman–Crippen MR) is 171 cm³/mol. The summed E-state index contributed by atoms with van der Waals surface area (Å²) in [5, 5.41) is 0. The van der Waals surface area contributed by atoms with Gasteiger partial charge in [0.1, 0.15) is 11.2 Å². The quantitative estimate of drug-likeness (QED) is 0.261. The molecule has 2 fully saturated rings. The van der Waals surface area contributed by atoms with Gasteiger partial charge in [0, 0.05) is 22.0 Å². The lowest BCUT2D eigenvalue weighted by atomic mass is 9.55. The highest BCUT2D eigenvalue weighted by Crippen LogP contribution is 2.63. The Labute approximate surface area is 257 Å². The molecule has 0 aromatic heterocycles. The van der Waals surface area contributed by atoms with Crippen LogP contribution in [0, 0.1) is 10.8 Å². The molecule has 0 bridgehead atoms. The summed E-state index contributed by atoms with van der Waals surface area (Å²) in [6, 6.07) is 15.5. The molecule has 0 amide bonds. The molecule has 0 saturated heterocycles.